The molecule has 0 saturated heterocycles. The van der Waals surface area contributed by atoms with E-state index in [0.717, 1.165) is 16.7 Å². The highest BCUT2D eigenvalue weighted by Gasteiger charge is 2.42. The van der Waals surface area contributed by atoms with Crippen molar-refractivity contribution in [2.24, 2.45) is 0 Å². The molecule has 23 heavy (non-hydrogen) atoms. The number of hydrogen-bond acceptors (Lipinski definition) is 4. The minimum Gasteiger partial charge on any atom is -0.395 e. The second-order valence-corrected chi connectivity index (χ2v) is 6.26. The number of amides is 2. The maximum Gasteiger partial charge on any atom is 0.278 e. The van der Waals surface area contributed by atoms with Crippen LogP contribution in [0.2, 0.25) is 0 Å². The Hall–Kier alpha value is -2.14. The van der Waals surface area contributed by atoms with E-state index in [0.29, 0.717) is 17.8 Å². The van der Waals surface area contributed by atoms with Crippen LogP contribution in [-0.2, 0) is 9.59 Å². The van der Waals surface area contributed by atoms with Crippen LogP contribution < -0.4 is 0 Å². The first kappa shape index (κ1) is 17.2. The SMILES string of the molecule is Cc1ccc(C2=C(N(C)CCO)C(=O)N(C(C)C)C2=O)c(C)c1. The van der Waals surface area contributed by atoms with Gasteiger partial charge in [0, 0.05) is 19.6 Å². The summed E-state index contributed by atoms with van der Waals surface area (Å²) in [5.41, 5.74) is 3.63. The van der Waals surface area contributed by atoms with Gasteiger partial charge in [-0.15, -0.1) is 0 Å². The Bertz CT molecular complexity index is 677. The fourth-order valence-electron chi connectivity index (χ4n) is 2.96. The zero-order valence-corrected chi connectivity index (χ0v) is 14.4. The van der Waals surface area contributed by atoms with Gasteiger partial charge in [-0.1, -0.05) is 23.8 Å². The Balaban J connectivity index is 2.65. The molecule has 2 amide bonds. The average molecular weight is 316 g/mol. The highest BCUT2D eigenvalue weighted by Crippen LogP contribution is 2.33. The van der Waals surface area contributed by atoms with Gasteiger partial charge in [-0.3, -0.25) is 14.5 Å². The van der Waals surface area contributed by atoms with Crippen LogP contribution in [0.25, 0.3) is 5.57 Å². The first-order chi connectivity index (χ1) is 10.8. The molecule has 1 aromatic rings. The summed E-state index contributed by atoms with van der Waals surface area (Å²) >= 11 is 0. The molecule has 0 bridgehead atoms. The number of benzene rings is 1. The van der Waals surface area contributed by atoms with Crippen LogP contribution >= 0.6 is 0 Å². The van der Waals surface area contributed by atoms with E-state index in [-0.39, 0.29) is 24.5 Å². The van der Waals surface area contributed by atoms with Crippen LogP contribution in [0.1, 0.15) is 30.5 Å². The average Bonchev–Trinajstić information content (AvgIpc) is 2.70. The predicted octanol–water partition coefficient (Wildman–Crippen LogP) is 1.72. The van der Waals surface area contributed by atoms with Crippen molar-refractivity contribution in [3.05, 3.63) is 40.6 Å². The number of rotatable bonds is 5. The fourth-order valence-corrected chi connectivity index (χ4v) is 2.96. The Morgan fingerprint density at radius 2 is 1.83 bits per heavy atom. The highest BCUT2D eigenvalue weighted by molar-refractivity contribution is 6.35. The van der Waals surface area contributed by atoms with Crippen molar-refractivity contribution in [3.8, 4) is 0 Å². The van der Waals surface area contributed by atoms with Crippen LogP contribution in [0, 0.1) is 13.8 Å². The van der Waals surface area contributed by atoms with E-state index in [1.54, 1.807) is 11.9 Å². The molecule has 0 saturated carbocycles. The van der Waals surface area contributed by atoms with Crippen molar-refractivity contribution in [2.45, 2.75) is 33.7 Å². The molecule has 0 aliphatic carbocycles. The molecule has 124 valence electrons. The molecule has 0 fully saturated rings. The monoisotopic (exact) mass is 316 g/mol. The minimum absolute atomic E-state index is 0.0801. The van der Waals surface area contributed by atoms with Gasteiger partial charge in [-0.25, -0.2) is 0 Å². The summed E-state index contributed by atoms with van der Waals surface area (Å²) in [5, 5.41) is 9.20. The van der Waals surface area contributed by atoms with Gasteiger partial charge < -0.3 is 10.0 Å². The fraction of sp³-hybridized carbons (Fsp3) is 0.444. The quantitative estimate of drug-likeness (QED) is 0.840. The van der Waals surface area contributed by atoms with Gasteiger partial charge in [0.1, 0.15) is 5.70 Å². The molecule has 0 unspecified atom stereocenters. The van der Waals surface area contributed by atoms with Gasteiger partial charge in [-0.2, -0.15) is 0 Å². The van der Waals surface area contributed by atoms with E-state index in [9.17, 15) is 14.7 Å². The molecule has 0 spiro atoms. The van der Waals surface area contributed by atoms with E-state index in [1.165, 1.54) is 4.90 Å². The minimum atomic E-state index is -0.295. The third-order valence-electron chi connectivity index (χ3n) is 4.08. The number of likely N-dealkylation sites (N-methyl/N-ethyl adjacent to an activating group) is 1. The summed E-state index contributed by atoms with van der Waals surface area (Å²) in [6, 6.07) is 5.62. The number of aliphatic hydroxyl groups is 1. The largest absolute Gasteiger partial charge is 0.395 e. The lowest BCUT2D eigenvalue weighted by molar-refractivity contribution is -0.139. The third-order valence-corrected chi connectivity index (χ3v) is 4.08. The summed E-state index contributed by atoms with van der Waals surface area (Å²) in [6.07, 6.45) is 0. The van der Waals surface area contributed by atoms with Crippen LogP contribution in [0.4, 0.5) is 0 Å². The van der Waals surface area contributed by atoms with Crippen LogP contribution in [0.3, 0.4) is 0 Å². The van der Waals surface area contributed by atoms with Gasteiger partial charge in [0.25, 0.3) is 11.8 Å². The molecule has 0 atom stereocenters. The molecule has 5 nitrogen and oxygen atoms in total. The second-order valence-electron chi connectivity index (χ2n) is 6.26. The molecule has 0 aromatic heterocycles. The highest BCUT2D eigenvalue weighted by atomic mass is 16.3. The predicted molar refractivity (Wildman–Crippen MR) is 89.5 cm³/mol. The van der Waals surface area contributed by atoms with Gasteiger partial charge in [0.15, 0.2) is 0 Å². The topological polar surface area (TPSA) is 60.9 Å². The molecule has 1 aliphatic heterocycles. The maximum atomic E-state index is 12.9. The number of aliphatic hydroxyl groups excluding tert-OH is 1. The summed E-state index contributed by atoms with van der Waals surface area (Å²) < 4.78 is 0. The summed E-state index contributed by atoms with van der Waals surface area (Å²) in [5.74, 6) is -0.562. The summed E-state index contributed by atoms with van der Waals surface area (Å²) in [7, 11) is 1.73. The standard InChI is InChI=1S/C18H24N2O3/c1-11(2)20-17(22)15(14-7-6-12(3)10-13(14)4)16(18(20)23)19(5)8-9-21/h6-7,10-11,21H,8-9H2,1-5H3. The molecule has 1 N–H and O–H groups in total. The Labute approximate surface area is 137 Å². The van der Waals surface area contributed by atoms with Crippen molar-refractivity contribution in [1.82, 2.24) is 9.80 Å². The Morgan fingerprint density at radius 1 is 1.17 bits per heavy atom. The third kappa shape index (κ3) is 3.01. The molecular weight excluding hydrogens is 292 g/mol. The smallest absolute Gasteiger partial charge is 0.278 e. The first-order valence-electron chi connectivity index (χ1n) is 7.81. The molecule has 1 aliphatic rings. The number of imide groups is 1. The second kappa shape index (κ2) is 6.54. The number of carbonyl (C=O) groups excluding carboxylic acids is 2. The summed E-state index contributed by atoms with van der Waals surface area (Å²) in [4.78, 5) is 28.6. The van der Waals surface area contributed by atoms with Gasteiger partial charge >= 0.3 is 0 Å². The molecule has 2 rings (SSSR count). The number of aryl methyl sites for hydroxylation is 2. The lowest BCUT2D eigenvalue weighted by Gasteiger charge is -2.22. The van der Waals surface area contributed by atoms with Crippen molar-refractivity contribution >= 4 is 17.4 Å². The van der Waals surface area contributed by atoms with Crippen LogP contribution in [0.15, 0.2) is 23.9 Å². The van der Waals surface area contributed by atoms with Crippen molar-refractivity contribution in [2.75, 3.05) is 20.2 Å². The van der Waals surface area contributed by atoms with Crippen molar-refractivity contribution in [3.63, 3.8) is 0 Å². The molecule has 1 aromatic carbocycles. The normalized spacial score (nSPS) is 15.2. The Morgan fingerprint density at radius 3 is 2.35 bits per heavy atom. The Kier molecular flexibility index (Phi) is 4.90. The van der Waals surface area contributed by atoms with Gasteiger partial charge in [0.05, 0.1) is 12.2 Å². The number of hydrogen-bond donors (Lipinski definition) is 1. The van der Waals surface area contributed by atoms with E-state index in [4.69, 9.17) is 0 Å². The zero-order chi connectivity index (χ0) is 17.3. The van der Waals surface area contributed by atoms with Crippen LogP contribution in [-0.4, -0.2) is 53.0 Å². The number of carbonyl (C=O) groups is 2. The van der Waals surface area contributed by atoms with E-state index in [1.807, 2.05) is 45.9 Å². The molecule has 5 heteroatoms. The first-order valence-corrected chi connectivity index (χ1v) is 7.81. The van der Waals surface area contributed by atoms with Crippen LogP contribution in [0.5, 0.6) is 0 Å². The molecular formula is C18H24N2O3. The maximum absolute atomic E-state index is 12.9. The lowest BCUT2D eigenvalue weighted by Crippen LogP contribution is -2.39. The molecule has 0 radical (unpaired) electrons. The van der Waals surface area contributed by atoms with E-state index >= 15 is 0 Å². The zero-order valence-electron chi connectivity index (χ0n) is 14.4. The van der Waals surface area contributed by atoms with E-state index < -0.39 is 0 Å². The van der Waals surface area contributed by atoms with Crippen molar-refractivity contribution < 1.29 is 14.7 Å². The van der Waals surface area contributed by atoms with Gasteiger partial charge in [-0.05, 0) is 38.8 Å². The lowest BCUT2D eigenvalue weighted by atomic mass is 9.97. The summed E-state index contributed by atoms with van der Waals surface area (Å²) in [6.45, 7) is 7.80. The van der Waals surface area contributed by atoms with E-state index in [2.05, 4.69) is 0 Å². The molecule has 1 heterocycles. The van der Waals surface area contributed by atoms with Gasteiger partial charge in [0.2, 0.25) is 0 Å². The van der Waals surface area contributed by atoms with Crippen molar-refractivity contribution in [1.29, 1.82) is 0 Å². The number of nitrogens with zero attached hydrogens (tertiary/aromatic N) is 2.